The van der Waals surface area contributed by atoms with Gasteiger partial charge in [-0.3, -0.25) is 4.90 Å². The molecule has 2 aliphatic heterocycles. The summed E-state index contributed by atoms with van der Waals surface area (Å²) in [5.41, 5.74) is 0.908. The Labute approximate surface area is 151 Å². The molecule has 2 aliphatic rings. The first-order chi connectivity index (χ1) is 12.2. The van der Waals surface area contributed by atoms with Gasteiger partial charge in [0.15, 0.2) is 5.79 Å². The molecule has 0 atom stereocenters. The largest absolute Gasteiger partial charge is 0.573 e. The molecule has 146 valence electrons. The highest BCUT2D eigenvalue weighted by molar-refractivity contribution is 5.49. The first-order valence-corrected chi connectivity index (χ1v) is 8.81. The fourth-order valence-electron chi connectivity index (χ4n) is 3.24. The van der Waals surface area contributed by atoms with Crippen LogP contribution in [0.2, 0.25) is 0 Å². The van der Waals surface area contributed by atoms with Gasteiger partial charge >= 0.3 is 6.36 Å². The molecular formula is C18H25F3N2O3. The molecule has 0 amide bonds. The van der Waals surface area contributed by atoms with E-state index in [4.69, 9.17) is 9.47 Å². The van der Waals surface area contributed by atoms with Crippen LogP contribution in [0.3, 0.4) is 0 Å². The summed E-state index contributed by atoms with van der Waals surface area (Å²) in [6.07, 6.45) is -4.66. The number of nitrogens with zero attached hydrogens (tertiary/aromatic N) is 2. The number of hydrogen-bond acceptors (Lipinski definition) is 5. The molecule has 0 bridgehead atoms. The van der Waals surface area contributed by atoms with Crippen molar-refractivity contribution in [2.75, 3.05) is 50.8 Å². The van der Waals surface area contributed by atoms with E-state index in [0.29, 0.717) is 19.1 Å². The van der Waals surface area contributed by atoms with Gasteiger partial charge in [0.2, 0.25) is 0 Å². The summed E-state index contributed by atoms with van der Waals surface area (Å²) in [7, 11) is 0. The first-order valence-electron chi connectivity index (χ1n) is 8.81. The first kappa shape index (κ1) is 19.3. The maximum Gasteiger partial charge on any atom is 0.573 e. The Morgan fingerprint density at radius 2 is 1.62 bits per heavy atom. The highest BCUT2D eigenvalue weighted by Gasteiger charge is 2.31. The van der Waals surface area contributed by atoms with Crippen molar-refractivity contribution in [1.29, 1.82) is 0 Å². The van der Waals surface area contributed by atoms with Crippen LogP contribution in [0.15, 0.2) is 24.3 Å². The van der Waals surface area contributed by atoms with E-state index in [0.717, 1.165) is 38.4 Å². The molecule has 0 unspecified atom stereocenters. The van der Waals surface area contributed by atoms with Gasteiger partial charge < -0.3 is 19.1 Å². The smallest absolute Gasteiger partial charge is 0.406 e. The molecule has 0 aliphatic carbocycles. The van der Waals surface area contributed by atoms with Crippen LogP contribution in [0.1, 0.15) is 13.8 Å². The number of alkyl halides is 3. The molecule has 0 radical (unpaired) electrons. The summed E-state index contributed by atoms with van der Waals surface area (Å²) in [5, 5.41) is 0. The van der Waals surface area contributed by atoms with Crippen molar-refractivity contribution in [2.24, 2.45) is 5.92 Å². The fraction of sp³-hybridized carbons (Fsp3) is 0.667. The number of halogens is 3. The van der Waals surface area contributed by atoms with Gasteiger partial charge in [-0.15, -0.1) is 13.2 Å². The molecule has 0 aromatic heterocycles. The number of benzene rings is 1. The van der Waals surface area contributed by atoms with Crippen molar-refractivity contribution in [3.05, 3.63) is 24.3 Å². The lowest BCUT2D eigenvalue weighted by Crippen LogP contribution is -2.50. The van der Waals surface area contributed by atoms with E-state index in [1.54, 1.807) is 12.1 Å². The molecule has 3 rings (SSSR count). The Bertz CT molecular complexity index is 574. The van der Waals surface area contributed by atoms with E-state index < -0.39 is 12.1 Å². The molecule has 8 heteroatoms. The van der Waals surface area contributed by atoms with Crippen LogP contribution < -0.4 is 9.64 Å². The fourth-order valence-corrected chi connectivity index (χ4v) is 3.24. The van der Waals surface area contributed by atoms with Gasteiger partial charge in [-0.05, 0) is 38.1 Å². The summed E-state index contributed by atoms with van der Waals surface area (Å²) >= 11 is 0. The number of piperazine rings is 1. The Morgan fingerprint density at radius 1 is 1.04 bits per heavy atom. The van der Waals surface area contributed by atoms with Crippen molar-refractivity contribution >= 4 is 5.69 Å². The van der Waals surface area contributed by atoms with Crippen molar-refractivity contribution in [2.45, 2.75) is 26.0 Å². The van der Waals surface area contributed by atoms with Gasteiger partial charge in [-0.1, -0.05) is 0 Å². The van der Waals surface area contributed by atoms with E-state index in [2.05, 4.69) is 14.5 Å². The molecule has 26 heavy (non-hydrogen) atoms. The molecule has 0 N–H and O–H groups in total. The third-order valence-electron chi connectivity index (χ3n) is 4.66. The SMILES string of the molecule is CC1(C)OCC(CN2CCN(c3ccc(OC(F)(F)F)cc3)CC2)CO1. The van der Waals surface area contributed by atoms with Crippen molar-refractivity contribution in [3.8, 4) is 5.75 Å². The summed E-state index contributed by atoms with van der Waals surface area (Å²) in [6.45, 7) is 9.66. The quantitative estimate of drug-likeness (QED) is 0.809. The molecule has 2 heterocycles. The molecule has 0 spiro atoms. The second kappa shape index (κ2) is 7.62. The zero-order valence-corrected chi connectivity index (χ0v) is 15.1. The lowest BCUT2D eigenvalue weighted by molar-refractivity contribution is -0.274. The minimum atomic E-state index is -4.66. The Balaban J connectivity index is 1.45. The second-order valence-corrected chi connectivity index (χ2v) is 7.22. The predicted octanol–water partition coefficient (Wildman–Crippen LogP) is 3.11. The summed E-state index contributed by atoms with van der Waals surface area (Å²) in [4.78, 5) is 4.55. The summed E-state index contributed by atoms with van der Waals surface area (Å²) < 4.78 is 52.0. The normalized spacial score (nSPS) is 22.4. The molecule has 0 saturated carbocycles. The van der Waals surface area contributed by atoms with Gasteiger partial charge in [0.05, 0.1) is 13.2 Å². The van der Waals surface area contributed by atoms with Crippen LogP contribution in [-0.4, -0.2) is 63.0 Å². The second-order valence-electron chi connectivity index (χ2n) is 7.22. The van der Waals surface area contributed by atoms with E-state index in [1.807, 2.05) is 13.8 Å². The van der Waals surface area contributed by atoms with Crippen molar-refractivity contribution in [3.63, 3.8) is 0 Å². The number of hydrogen-bond donors (Lipinski definition) is 0. The third-order valence-corrected chi connectivity index (χ3v) is 4.66. The van der Waals surface area contributed by atoms with E-state index >= 15 is 0 Å². The molecule has 1 aromatic rings. The maximum atomic E-state index is 12.2. The number of anilines is 1. The van der Waals surface area contributed by atoms with Crippen LogP contribution in [0, 0.1) is 5.92 Å². The average molecular weight is 374 g/mol. The van der Waals surface area contributed by atoms with Gasteiger partial charge in [-0.2, -0.15) is 0 Å². The van der Waals surface area contributed by atoms with Gasteiger partial charge in [0.1, 0.15) is 5.75 Å². The Morgan fingerprint density at radius 3 is 2.15 bits per heavy atom. The van der Waals surface area contributed by atoms with Crippen LogP contribution in [-0.2, 0) is 9.47 Å². The van der Waals surface area contributed by atoms with E-state index in [9.17, 15) is 13.2 Å². The topological polar surface area (TPSA) is 34.2 Å². The van der Waals surface area contributed by atoms with E-state index in [1.165, 1.54) is 12.1 Å². The van der Waals surface area contributed by atoms with Gasteiger partial charge in [0.25, 0.3) is 0 Å². The van der Waals surface area contributed by atoms with Crippen LogP contribution >= 0.6 is 0 Å². The molecule has 5 nitrogen and oxygen atoms in total. The zero-order chi connectivity index (χ0) is 18.8. The molecule has 2 fully saturated rings. The van der Waals surface area contributed by atoms with Gasteiger partial charge in [0, 0.05) is 44.3 Å². The van der Waals surface area contributed by atoms with E-state index in [-0.39, 0.29) is 5.75 Å². The Kier molecular flexibility index (Phi) is 5.64. The minimum Gasteiger partial charge on any atom is -0.406 e. The lowest BCUT2D eigenvalue weighted by Gasteiger charge is -2.40. The van der Waals surface area contributed by atoms with Crippen molar-refractivity contribution < 1.29 is 27.4 Å². The van der Waals surface area contributed by atoms with Gasteiger partial charge in [-0.25, -0.2) is 0 Å². The molecule has 1 aromatic carbocycles. The Hall–Kier alpha value is -1.51. The number of rotatable bonds is 4. The maximum absolute atomic E-state index is 12.2. The highest BCUT2D eigenvalue weighted by Crippen LogP contribution is 2.26. The lowest BCUT2D eigenvalue weighted by atomic mass is 10.1. The van der Waals surface area contributed by atoms with Crippen LogP contribution in [0.5, 0.6) is 5.75 Å². The standard InChI is InChI=1S/C18H25F3N2O3/c1-17(2)24-12-14(13-25-17)11-22-7-9-23(10-8-22)15-3-5-16(6-4-15)26-18(19,20)21/h3-6,14H,7-13H2,1-2H3. The molecular weight excluding hydrogens is 349 g/mol. The monoisotopic (exact) mass is 374 g/mol. The van der Waals surface area contributed by atoms with Crippen molar-refractivity contribution in [1.82, 2.24) is 4.90 Å². The number of ether oxygens (including phenoxy) is 3. The van der Waals surface area contributed by atoms with Crippen LogP contribution in [0.4, 0.5) is 18.9 Å². The summed E-state index contributed by atoms with van der Waals surface area (Å²) in [5.74, 6) is -0.314. The minimum absolute atomic E-state index is 0.194. The molecule has 2 saturated heterocycles. The summed E-state index contributed by atoms with van der Waals surface area (Å²) in [6, 6.07) is 6.05. The predicted molar refractivity (Wildman–Crippen MR) is 91.3 cm³/mol. The zero-order valence-electron chi connectivity index (χ0n) is 15.1. The van der Waals surface area contributed by atoms with Crippen LogP contribution in [0.25, 0.3) is 0 Å². The highest BCUT2D eigenvalue weighted by atomic mass is 19.4. The average Bonchev–Trinajstić information content (AvgIpc) is 2.57. The third kappa shape index (κ3) is 5.49.